The van der Waals surface area contributed by atoms with Crippen molar-refractivity contribution in [2.45, 2.75) is 25.8 Å². The number of ether oxygens (including phenoxy) is 1. The smallest absolute Gasteiger partial charge is 0.336 e. The van der Waals surface area contributed by atoms with Crippen molar-refractivity contribution in [3.05, 3.63) is 0 Å². The summed E-state index contributed by atoms with van der Waals surface area (Å²) in [5, 5.41) is 0. The third-order valence-corrected chi connectivity index (χ3v) is 3.09. The minimum Gasteiger partial charge on any atom is -0.465 e. The first-order valence-electron chi connectivity index (χ1n) is 4.37. The van der Waals surface area contributed by atoms with Gasteiger partial charge in [-0.25, -0.2) is 0 Å². The SMILES string of the molecule is CCOC(=O)C1CCCN1S(=O)(=O)O. The molecule has 0 spiro atoms. The van der Waals surface area contributed by atoms with E-state index in [1.165, 1.54) is 0 Å². The molecule has 82 valence electrons. The minimum absolute atomic E-state index is 0.169. The summed E-state index contributed by atoms with van der Waals surface area (Å²) in [4.78, 5) is 11.3. The standard InChI is InChI=1S/C7H13NO5S/c1-2-13-7(9)6-4-3-5-8(6)14(10,11)12/h6H,2-5H2,1H3,(H,10,11,12). The Morgan fingerprint density at radius 3 is 2.79 bits per heavy atom. The summed E-state index contributed by atoms with van der Waals surface area (Å²) < 4.78 is 35.9. The number of hydrogen-bond donors (Lipinski definition) is 1. The Hall–Kier alpha value is -0.660. The summed E-state index contributed by atoms with van der Waals surface area (Å²) in [6, 6.07) is -0.857. The summed E-state index contributed by atoms with van der Waals surface area (Å²) in [5.41, 5.74) is 0. The number of carbonyl (C=O) groups is 1. The molecule has 1 fully saturated rings. The first-order valence-corrected chi connectivity index (χ1v) is 5.77. The molecule has 0 aliphatic carbocycles. The van der Waals surface area contributed by atoms with E-state index in [0.717, 1.165) is 4.31 Å². The van der Waals surface area contributed by atoms with Crippen LogP contribution in [-0.2, 0) is 19.8 Å². The molecule has 1 N–H and O–H groups in total. The normalized spacial score (nSPS) is 23.7. The van der Waals surface area contributed by atoms with Crippen LogP contribution in [0.1, 0.15) is 19.8 Å². The van der Waals surface area contributed by atoms with Crippen molar-refractivity contribution in [3.8, 4) is 0 Å². The monoisotopic (exact) mass is 223 g/mol. The predicted molar refractivity (Wildman–Crippen MR) is 47.9 cm³/mol. The highest BCUT2D eigenvalue weighted by Crippen LogP contribution is 2.20. The van der Waals surface area contributed by atoms with Crippen LogP contribution in [-0.4, -0.2) is 42.4 Å². The summed E-state index contributed by atoms with van der Waals surface area (Å²) >= 11 is 0. The Balaban J connectivity index is 2.74. The fourth-order valence-corrected chi connectivity index (χ4v) is 2.36. The summed E-state index contributed by atoms with van der Waals surface area (Å²) in [6.07, 6.45) is 0.960. The van der Waals surface area contributed by atoms with E-state index in [1.54, 1.807) is 6.92 Å². The van der Waals surface area contributed by atoms with E-state index in [-0.39, 0.29) is 13.2 Å². The van der Waals surface area contributed by atoms with E-state index in [1.807, 2.05) is 0 Å². The largest absolute Gasteiger partial charge is 0.465 e. The van der Waals surface area contributed by atoms with Crippen molar-refractivity contribution in [2.24, 2.45) is 0 Å². The fraction of sp³-hybridized carbons (Fsp3) is 0.857. The highest BCUT2D eigenvalue weighted by molar-refractivity contribution is 7.83. The lowest BCUT2D eigenvalue weighted by Gasteiger charge is -2.18. The molecule has 0 bridgehead atoms. The zero-order valence-corrected chi connectivity index (χ0v) is 8.66. The van der Waals surface area contributed by atoms with Gasteiger partial charge in [0.1, 0.15) is 6.04 Å². The maximum Gasteiger partial charge on any atom is 0.336 e. The van der Waals surface area contributed by atoms with Gasteiger partial charge in [0.15, 0.2) is 0 Å². The maximum atomic E-state index is 11.3. The van der Waals surface area contributed by atoms with Gasteiger partial charge < -0.3 is 4.74 Å². The molecule has 0 radical (unpaired) electrons. The third-order valence-electron chi connectivity index (χ3n) is 2.06. The number of carbonyl (C=O) groups excluding carboxylic acids is 1. The second kappa shape index (κ2) is 4.24. The molecular formula is C7H13NO5S. The lowest BCUT2D eigenvalue weighted by atomic mass is 10.2. The van der Waals surface area contributed by atoms with Crippen LogP contribution in [0.15, 0.2) is 0 Å². The van der Waals surface area contributed by atoms with Gasteiger partial charge in [-0.2, -0.15) is 12.7 Å². The molecule has 1 atom stereocenters. The van der Waals surface area contributed by atoms with Crippen molar-refractivity contribution >= 4 is 16.3 Å². The fourth-order valence-electron chi connectivity index (χ4n) is 1.49. The molecule has 1 unspecified atom stereocenters. The van der Waals surface area contributed by atoms with Gasteiger partial charge in [-0.05, 0) is 19.8 Å². The van der Waals surface area contributed by atoms with Gasteiger partial charge in [-0.15, -0.1) is 0 Å². The van der Waals surface area contributed by atoms with Crippen LogP contribution in [0.3, 0.4) is 0 Å². The lowest BCUT2D eigenvalue weighted by molar-refractivity contribution is -0.147. The Morgan fingerprint density at radius 2 is 2.29 bits per heavy atom. The topological polar surface area (TPSA) is 83.9 Å². The van der Waals surface area contributed by atoms with Crippen LogP contribution >= 0.6 is 0 Å². The molecule has 1 aliphatic heterocycles. The molecule has 6 nitrogen and oxygen atoms in total. The second-order valence-electron chi connectivity index (χ2n) is 3.00. The molecule has 0 aromatic carbocycles. The summed E-state index contributed by atoms with van der Waals surface area (Å²) in [5.74, 6) is -0.595. The van der Waals surface area contributed by atoms with Gasteiger partial charge in [0.05, 0.1) is 6.61 Å². The maximum absolute atomic E-state index is 11.3. The van der Waals surface area contributed by atoms with Crippen molar-refractivity contribution in [3.63, 3.8) is 0 Å². The van der Waals surface area contributed by atoms with Crippen molar-refractivity contribution in [1.29, 1.82) is 0 Å². The Bertz CT molecular complexity index is 312. The number of rotatable bonds is 3. The molecular weight excluding hydrogens is 210 g/mol. The molecule has 0 aromatic heterocycles. The first kappa shape index (κ1) is 11.4. The van der Waals surface area contributed by atoms with Crippen LogP contribution in [0, 0.1) is 0 Å². The van der Waals surface area contributed by atoms with E-state index in [9.17, 15) is 13.2 Å². The van der Waals surface area contributed by atoms with Crippen molar-refractivity contribution in [1.82, 2.24) is 4.31 Å². The van der Waals surface area contributed by atoms with E-state index in [0.29, 0.717) is 12.8 Å². The molecule has 1 heterocycles. The van der Waals surface area contributed by atoms with Crippen LogP contribution in [0.2, 0.25) is 0 Å². The Morgan fingerprint density at radius 1 is 1.64 bits per heavy atom. The predicted octanol–water partition coefficient (Wildman–Crippen LogP) is -0.183. The lowest BCUT2D eigenvalue weighted by Crippen LogP contribution is -2.40. The van der Waals surface area contributed by atoms with Crippen molar-refractivity contribution in [2.75, 3.05) is 13.2 Å². The number of nitrogens with zero attached hydrogens (tertiary/aromatic N) is 1. The average molecular weight is 223 g/mol. The van der Waals surface area contributed by atoms with E-state index < -0.39 is 22.3 Å². The third kappa shape index (κ3) is 2.43. The first-order chi connectivity index (χ1) is 6.46. The summed E-state index contributed by atoms with van der Waals surface area (Å²) in [6.45, 7) is 2.02. The molecule has 0 amide bonds. The average Bonchev–Trinajstić information content (AvgIpc) is 2.50. The second-order valence-corrected chi connectivity index (χ2v) is 4.36. The molecule has 0 aromatic rings. The highest BCUT2D eigenvalue weighted by Gasteiger charge is 2.38. The van der Waals surface area contributed by atoms with Crippen LogP contribution in [0.4, 0.5) is 0 Å². The molecule has 7 heteroatoms. The van der Waals surface area contributed by atoms with E-state index >= 15 is 0 Å². The quantitative estimate of drug-likeness (QED) is 0.530. The molecule has 0 saturated carbocycles. The zero-order valence-electron chi connectivity index (χ0n) is 7.84. The van der Waals surface area contributed by atoms with Crippen LogP contribution in [0.5, 0.6) is 0 Å². The highest BCUT2D eigenvalue weighted by atomic mass is 32.2. The van der Waals surface area contributed by atoms with Gasteiger partial charge >= 0.3 is 16.3 Å². The van der Waals surface area contributed by atoms with E-state index in [2.05, 4.69) is 0 Å². The van der Waals surface area contributed by atoms with Crippen LogP contribution < -0.4 is 0 Å². The van der Waals surface area contributed by atoms with E-state index in [4.69, 9.17) is 9.29 Å². The Kier molecular flexibility index (Phi) is 3.46. The number of esters is 1. The molecule has 1 rings (SSSR count). The molecule has 1 aliphatic rings. The van der Waals surface area contributed by atoms with Gasteiger partial charge in [-0.3, -0.25) is 9.35 Å². The van der Waals surface area contributed by atoms with Crippen molar-refractivity contribution < 1.29 is 22.5 Å². The molecule has 1 saturated heterocycles. The minimum atomic E-state index is -4.28. The van der Waals surface area contributed by atoms with Crippen LogP contribution in [0.25, 0.3) is 0 Å². The Labute approximate surface area is 82.7 Å². The summed E-state index contributed by atoms with van der Waals surface area (Å²) in [7, 11) is -4.28. The molecule has 14 heavy (non-hydrogen) atoms. The van der Waals surface area contributed by atoms with Gasteiger partial charge in [-0.1, -0.05) is 0 Å². The number of hydrogen-bond acceptors (Lipinski definition) is 4. The van der Waals surface area contributed by atoms with Gasteiger partial charge in [0.2, 0.25) is 0 Å². The van der Waals surface area contributed by atoms with Gasteiger partial charge in [0, 0.05) is 6.54 Å². The zero-order chi connectivity index (χ0) is 10.8. The van der Waals surface area contributed by atoms with Gasteiger partial charge in [0.25, 0.3) is 0 Å².